The highest BCUT2D eigenvalue weighted by molar-refractivity contribution is 7.30. The van der Waals surface area contributed by atoms with Gasteiger partial charge in [-0.05, 0) is 34.2 Å². The smallest absolute Gasteiger partial charge is 0.299 e. The molecule has 0 spiro atoms. The molecule has 0 rings (SSSR count). The van der Waals surface area contributed by atoms with Crippen LogP contribution in [-0.4, -0.2) is 33.3 Å². The summed E-state index contributed by atoms with van der Waals surface area (Å²) in [5, 5.41) is 0. The lowest BCUT2D eigenvalue weighted by Gasteiger charge is -2.28. The average molecular weight is 210 g/mol. The number of rotatable bonds is 3. The van der Waals surface area contributed by atoms with E-state index >= 15 is 0 Å². The van der Waals surface area contributed by atoms with Gasteiger partial charge in [-0.2, -0.15) is 0 Å². The van der Waals surface area contributed by atoms with Crippen LogP contribution >= 0.6 is 8.25 Å². The maximum Gasteiger partial charge on any atom is 0.692 e. The zero-order chi connectivity index (χ0) is 11.0. The lowest BCUT2D eigenvalue weighted by molar-refractivity contribution is 0.185. The van der Waals surface area contributed by atoms with Gasteiger partial charge >= 0.3 is 8.25 Å². The van der Waals surface area contributed by atoms with Gasteiger partial charge in [-0.15, -0.1) is 9.79 Å². The normalized spacial score (nSPS) is 10.3. The highest BCUT2D eigenvalue weighted by Gasteiger charge is 2.08. The van der Waals surface area contributed by atoms with Gasteiger partial charge in [0.25, 0.3) is 0 Å². The minimum atomic E-state index is -2.87. The van der Waals surface area contributed by atoms with Gasteiger partial charge in [-0.1, -0.05) is 6.92 Å². The van der Waals surface area contributed by atoms with Crippen LogP contribution in [0.2, 0.25) is 0 Å². The Morgan fingerprint density at radius 3 is 1.38 bits per heavy atom. The monoisotopic (exact) mass is 210 g/mol. The van der Waals surface area contributed by atoms with Crippen molar-refractivity contribution in [1.29, 1.82) is 0 Å². The van der Waals surface area contributed by atoms with Gasteiger partial charge in [-0.25, -0.2) is 0 Å². The van der Waals surface area contributed by atoms with Gasteiger partial charge in [0.05, 0.1) is 0 Å². The molecule has 5 heteroatoms. The summed E-state index contributed by atoms with van der Waals surface area (Å²) in [6.07, 6.45) is 0. The quantitative estimate of drug-likeness (QED) is 0.697. The molecule has 0 radical (unpaired) electrons. The lowest BCUT2D eigenvalue weighted by Crippen LogP contribution is -2.36. The van der Waals surface area contributed by atoms with Crippen molar-refractivity contribution in [2.24, 2.45) is 0 Å². The lowest BCUT2D eigenvalue weighted by atomic mass is 10.2. The summed E-state index contributed by atoms with van der Waals surface area (Å²) in [5.74, 6) is 0. The van der Waals surface area contributed by atoms with Crippen LogP contribution in [0.4, 0.5) is 0 Å². The van der Waals surface area contributed by atoms with Crippen molar-refractivity contribution in [2.45, 2.75) is 46.7 Å². The highest BCUT2D eigenvalue weighted by atomic mass is 31.1. The first-order chi connectivity index (χ1) is 5.82. The van der Waals surface area contributed by atoms with Crippen LogP contribution in [-0.2, 0) is 4.57 Å². The van der Waals surface area contributed by atoms with Gasteiger partial charge in [-0.3, -0.25) is 4.90 Å². The maximum atomic E-state index is 8.70. The molecule has 2 N–H and O–H groups in total. The molecule has 0 aliphatic heterocycles. The third-order valence-corrected chi connectivity index (χ3v) is 1.69. The summed E-state index contributed by atoms with van der Waals surface area (Å²) in [7, 11) is -2.87. The predicted octanol–water partition coefficient (Wildman–Crippen LogP) is 1.75. The Bertz CT molecular complexity index is 127. The van der Waals surface area contributed by atoms with Crippen molar-refractivity contribution in [3.8, 4) is 0 Å². The molecule has 0 amide bonds. The average Bonchev–Trinajstić information content (AvgIpc) is 1.84. The van der Waals surface area contributed by atoms with Crippen molar-refractivity contribution >= 4 is 8.25 Å². The molecule has 0 heterocycles. The van der Waals surface area contributed by atoms with Gasteiger partial charge in [0.15, 0.2) is 0 Å². The van der Waals surface area contributed by atoms with E-state index in [9.17, 15) is 0 Å². The second kappa shape index (κ2) is 8.57. The minimum absolute atomic E-state index is 0.690. The Balaban J connectivity index is 0. The number of hydrogen-bond acceptors (Lipinski definition) is 2. The highest BCUT2D eigenvalue weighted by Crippen LogP contribution is 2.02. The third-order valence-electron chi connectivity index (χ3n) is 1.69. The second-order valence-corrected chi connectivity index (χ2v) is 3.78. The van der Waals surface area contributed by atoms with Crippen LogP contribution in [0.5, 0.6) is 0 Å². The van der Waals surface area contributed by atoms with Gasteiger partial charge < -0.3 is 0 Å². The minimum Gasteiger partial charge on any atom is -0.299 e. The summed E-state index contributed by atoms with van der Waals surface area (Å²) < 4.78 is 8.70. The Labute approximate surface area is 81.5 Å². The Morgan fingerprint density at radius 2 is 1.38 bits per heavy atom. The van der Waals surface area contributed by atoms with Crippen LogP contribution in [0.3, 0.4) is 0 Å². The fourth-order valence-electron chi connectivity index (χ4n) is 1.33. The molecular formula is C8H21NO3P+. The van der Waals surface area contributed by atoms with Crippen molar-refractivity contribution in [2.75, 3.05) is 6.54 Å². The maximum absolute atomic E-state index is 8.70. The standard InChI is InChI=1S/C8H19N.HO3P/c1-6-9(7(2)3)8(4)5;1-4(2)3/h7-8H,6H2,1-5H3;(H-,1,2,3)/p+1. The molecule has 0 aromatic carbocycles. The fourth-order valence-corrected chi connectivity index (χ4v) is 1.33. The molecule has 0 aliphatic rings. The van der Waals surface area contributed by atoms with Crippen LogP contribution in [0.1, 0.15) is 34.6 Å². The molecule has 4 nitrogen and oxygen atoms in total. The Morgan fingerprint density at radius 1 is 1.15 bits per heavy atom. The first kappa shape index (κ1) is 15.5. The summed E-state index contributed by atoms with van der Waals surface area (Å²) in [6.45, 7) is 12.3. The molecule has 0 unspecified atom stereocenters. The Kier molecular flexibility index (Phi) is 10.2. The zero-order valence-corrected chi connectivity index (χ0v) is 9.95. The predicted molar refractivity (Wildman–Crippen MR) is 54.7 cm³/mol. The molecule has 80 valence electrons. The Hall–Kier alpha value is -0.0200. The van der Waals surface area contributed by atoms with E-state index in [0.29, 0.717) is 12.1 Å². The molecule has 0 aromatic heterocycles. The summed E-state index contributed by atoms with van der Waals surface area (Å²) in [4.78, 5) is 16.7. The van der Waals surface area contributed by atoms with Crippen molar-refractivity contribution < 1.29 is 14.4 Å². The summed E-state index contributed by atoms with van der Waals surface area (Å²) >= 11 is 0. The summed E-state index contributed by atoms with van der Waals surface area (Å²) in [6, 6.07) is 1.38. The van der Waals surface area contributed by atoms with E-state index in [2.05, 4.69) is 39.5 Å². The zero-order valence-electron chi connectivity index (χ0n) is 9.06. The van der Waals surface area contributed by atoms with E-state index in [-0.39, 0.29) is 0 Å². The second-order valence-electron chi connectivity index (χ2n) is 3.27. The molecule has 0 atom stereocenters. The molecule has 13 heavy (non-hydrogen) atoms. The van der Waals surface area contributed by atoms with E-state index < -0.39 is 8.25 Å². The van der Waals surface area contributed by atoms with Crippen LogP contribution in [0, 0.1) is 0 Å². The van der Waals surface area contributed by atoms with Crippen molar-refractivity contribution in [1.82, 2.24) is 4.90 Å². The number of nitrogens with zero attached hydrogens (tertiary/aromatic N) is 1. The first-order valence-corrected chi connectivity index (χ1v) is 5.60. The van der Waals surface area contributed by atoms with Crippen LogP contribution in [0.15, 0.2) is 0 Å². The van der Waals surface area contributed by atoms with Gasteiger partial charge in [0.2, 0.25) is 0 Å². The van der Waals surface area contributed by atoms with Crippen LogP contribution < -0.4 is 0 Å². The van der Waals surface area contributed by atoms with E-state index in [1.54, 1.807) is 0 Å². The van der Waals surface area contributed by atoms with Gasteiger partial charge in [0.1, 0.15) is 0 Å². The molecular weight excluding hydrogens is 189 g/mol. The SMILES string of the molecule is CCN(C(C)C)C(C)C.O=[P+](O)O. The first-order valence-electron chi connectivity index (χ1n) is 4.43. The van der Waals surface area contributed by atoms with E-state index in [1.165, 1.54) is 0 Å². The van der Waals surface area contributed by atoms with E-state index in [1.807, 2.05) is 0 Å². The van der Waals surface area contributed by atoms with E-state index in [4.69, 9.17) is 14.4 Å². The molecule has 0 aliphatic carbocycles. The molecule has 0 aromatic rings. The molecule has 0 fully saturated rings. The third kappa shape index (κ3) is 12.0. The van der Waals surface area contributed by atoms with Crippen molar-refractivity contribution in [3.05, 3.63) is 0 Å². The molecule has 0 saturated heterocycles. The largest absolute Gasteiger partial charge is 0.692 e. The fraction of sp³-hybridized carbons (Fsp3) is 1.00. The topological polar surface area (TPSA) is 60.8 Å². The van der Waals surface area contributed by atoms with Crippen LogP contribution in [0.25, 0.3) is 0 Å². The number of hydrogen-bond donors (Lipinski definition) is 2. The van der Waals surface area contributed by atoms with E-state index in [0.717, 1.165) is 6.54 Å². The van der Waals surface area contributed by atoms with Crippen molar-refractivity contribution in [3.63, 3.8) is 0 Å². The molecule has 0 saturated carbocycles. The summed E-state index contributed by atoms with van der Waals surface area (Å²) in [5.41, 5.74) is 0. The molecule has 0 bridgehead atoms. The van der Waals surface area contributed by atoms with Gasteiger partial charge in [0, 0.05) is 16.6 Å².